The molecule has 1 aliphatic heterocycles. The van der Waals surface area contributed by atoms with Gasteiger partial charge < -0.3 is 33.9 Å². The number of nitrogens with one attached hydrogen (secondary N) is 1. The van der Waals surface area contributed by atoms with Crippen molar-refractivity contribution in [3.05, 3.63) is 47.0 Å². The van der Waals surface area contributed by atoms with Crippen LogP contribution in [0.3, 0.4) is 0 Å². The lowest BCUT2D eigenvalue weighted by Gasteiger charge is -2.35. The van der Waals surface area contributed by atoms with Crippen LogP contribution in [0.1, 0.15) is 24.2 Å². The Labute approximate surface area is 214 Å². The normalized spacial score (nSPS) is 17.2. The summed E-state index contributed by atoms with van der Waals surface area (Å²) in [6.07, 6.45) is -0.167. The van der Waals surface area contributed by atoms with E-state index in [2.05, 4.69) is 5.32 Å². The number of ether oxygens (including phenoxy) is 5. The first-order chi connectivity index (χ1) is 17.2. The molecular weight excluding hydrogens is 492 g/mol. The van der Waals surface area contributed by atoms with Crippen LogP contribution < -0.4 is 19.5 Å². The average Bonchev–Trinajstić information content (AvgIpc) is 2.85. The molecule has 0 radical (unpaired) electrons. The lowest BCUT2D eigenvalue weighted by molar-refractivity contribution is -0.146. The molecule has 2 aromatic carbocycles. The van der Waals surface area contributed by atoms with Gasteiger partial charge in [-0.15, -0.1) is 0 Å². The molecule has 0 spiro atoms. The zero-order valence-electron chi connectivity index (χ0n) is 20.5. The van der Waals surface area contributed by atoms with Crippen LogP contribution in [0, 0.1) is 0 Å². The van der Waals surface area contributed by atoms with Crippen LogP contribution in [-0.2, 0) is 19.1 Å². The Hall–Kier alpha value is -3.50. The fourth-order valence-corrected chi connectivity index (χ4v) is 3.88. The van der Waals surface area contributed by atoms with Crippen LogP contribution in [0.4, 0.5) is 5.69 Å². The summed E-state index contributed by atoms with van der Waals surface area (Å²) in [5.41, 5.74) is 0.572. The number of morpholine rings is 1. The average molecular weight is 521 g/mol. The maximum atomic E-state index is 12.5. The number of carbonyl (C=O) groups is 3. The largest absolute Gasteiger partial charge is 0.495 e. The van der Waals surface area contributed by atoms with Crippen LogP contribution in [-0.4, -0.2) is 75.4 Å². The molecule has 1 fully saturated rings. The lowest BCUT2D eigenvalue weighted by atomic mass is 10.2. The van der Waals surface area contributed by atoms with E-state index >= 15 is 0 Å². The highest BCUT2D eigenvalue weighted by Crippen LogP contribution is 2.30. The number of hydrogen-bond acceptors (Lipinski definition) is 8. The van der Waals surface area contributed by atoms with Crippen molar-refractivity contribution in [2.45, 2.75) is 26.1 Å². The van der Waals surface area contributed by atoms with Crippen LogP contribution >= 0.6 is 11.6 Å². The Morgan fingerprint density at radius 1 is 0.972 bits per heavy atom. The number of esters is 1. The van der Waals surface area contributed by atoms with Gasteiger partial charge >= 0.3 is 5.97 Å². The molecule has 1 heterocycles. The van der Waals surface area contributed by atoms with Crippen molar-refractivity contribution < 1.29 is 38.1 Å². The standard InChI is InChI=1S/C25H29ClN2O8/c1-15-11-28(12-16(2)36-15)24(30)14-35-25(31)17-5-7-21(22(9-17)33-4)34-13-23(29)27-19-10-18(26)6-8-20(19)32-3/h5-10,15-16H,11-14H2,1-4H3,(H,27,29). The monoisotopic (exact) mass is 520 g/mol. The van der Waals surface area contributed by atoms with Gasteiger partial charge in [0.1, 0.15) is 5.75 Å². The van der Waals surface area contributed by atoms with Crippen LogP contribution in [0.25, 0.3) is 0 Å². The molecule has 3 rings (SSSR count). The van der Waals surface area contributed by atoms with Crippen LogP contribution in [0.2, 0.25) is 5.02 Å². The molecule has 2 unspecified atom stereocenters. The van der Waals surface area contributed by atoms with Crippen molar-refractivity contribution in [3.8, 4) is 17.2 Å². The molecule has 1 N–H and O–H groups in total. The number of amides is 2. The summed E-state index contributed by atoms with van der Waals surface area (Å²) in [5.74, 6) is -0.516. The van der Waals surface area contributed by atoms with Gasteiger partial charge in [0.15, 0.2) is 24.7 Å². The van der Waals surface area contributed by atoms with E-state index in [9.17, 15) is 14.4 Å². The Morgan fingerprint density at radius 3 is 2.31 bits per heavy atom. The van der Waals surface area contributed by atoms with Crippen molar-refractivity contribution in [2.75, 3.05) is 45.8 Å². The van der Waals surface area contributed by atoms with Gasteiger partial charge in [-0.25, -0.2) is 4.79 Å². The fraction of sp³-hybridized carbons (Fsp3) is 0.400. The van der Waals surface area contributed by atoms with Gasteiger partial charge in [0.2, 0.25) is 0 Å². The van der Waals surface area contributed by atoms with E-state index in [4.69, 9.17) is 35.3 Å². The third-order valence-electron chi connectivity index (χ3n) is 5.29. The zero-order chi connectivity index (χ0) is 26.2. The van der Waals surface area contributed by atoms with Gasteiger partial charge in [-0.2, -0.15) is 0 Å². The van der Waals surface area contributed by atoms with Gasteiger partial charge in [-0.1, -0.05) is 11.6 Å². The second-order valence-corrected chi connectivity index (χ2v) is 8.62. The summed E-state index contributed by atoms with van der Waals surface area (Å²) in [5, 5.41) is 3.10. The molecule has 36 heavy (non-hydrogen) atoms. The fourth-order valence-electron chi connectivity index (χ4n) is 3.70. The highest BCUT2D eigenvalue weighted by atomic mass is 35.5. The summed E-state index contributed by atoms with van der Waals surface area (Å²) in [4.78, 5) is 38.9. The molecule has 2 amide bonds. The SMILES string of the molecule is COc1ccc(Cl)cc1NC(=O)COc1ccc(C(=O)OCC(=O)N2CC(C)OC(C)C2)cc1OC. The Bertz CT molecular complexity index is 1100. The van der Waals surface area contributed by atoms with Crippen molar-refractivity contribution in [1.29, 1.82) is 0 Å². The lowest BCUT2D eigenvalue weighted by Crippen LogP contribution is -2.49. The van der Waals surface area contributed by atoms with Gasteiger partial charge in [0.25, 0.3) is 11.8 Å². The van der Waals surface area contributed by atoms with Crippen LogP contribution in [0.5, 0.6) is 17.2 Å². The molecule has 0 aromatic heterocycles. The number of hydrogen-bond donors (Lipinski definition) is 1. The molecule has 11 heteroatoms. The first-order valence-electron chi connectivity index (χ1n) is 11.2. The van der Waals surface area contributed by atoms with E-state index in [-0.39, 0.29) is 48.4 Å². The quantitative estimate of drug-likeness (QED) is 0.502. The van der Waals surface area contributed by atoms with Gasteiger partial charge in [0, 0.05) is 18.1 Å². The van der Waals surface area contributed by atoms with E-state index in [1.165, 1.54) is 32.4 Å². The Balaban J connectivity index is 1.56. The summed E-state index contributed by atoms with van der Waals surface area (Å²) in [7, 11) is 2.88. The summed E-state index contributed by atoms with van der Waals surface area (Å²) < 4.78 is 26.9. The van der Waals surface area contributed by atoms with Crippen molar-refractivity contribution >= 4 is 35.1 Å². The Kier molecular flexibility index (Phi) is 9.38. The van der Waals surface area contributed by atoms with E-state index in [0.717, 1.165) is 0 Å². The highest BCUT2D eigenvalue weighted by molar-refractivity contribution is 6.31. The Morgan fingerprint density at radius 2 is 1.64 bits per heavy atom. The molecule has 2 atom stereocenters. The number of rotatable bonds is 9. The molecular formula is C25H29ClN2O8. The molecule has 0 aliphatic carbocycles. The molecule has 0 saturated carbocycles. The number of halogens is 1. The third-order valence-corrected chi connectivity index (χ3v) is 5.53. The maximum Gasteiger partial charge on any atom is 0.338 e. The summed E-state index contributed by atoms with van der Waals surface area (Å²) >= 11 is 5.98. The predicted molar refractivity (Wildman–Crippen MR) is 132 cm³/mol. The number of methoxy groups -OCH3 is 2. The van der Waals surface area contributed by atoms with E-state index in [1.807, 2.05) is 13.8 Å². The zero-order valence-corrected chi connectivity index (χ0v) is 21.3. The minimum absolute atomic E-state index is 0.0835. The number of anilines is 1. The second kappa shape index (κ2) is 12.5. The number of carbonyl (C=O) groups excluding carboxylic acids is 3. The second-order valence-electron chi connectivity index (χ2n) is 8.18. The van der Waals surface area contributed by atoms with E-state index < -0.39 is 11.9 Å². The van der Waals surface area contributed by atoms with Crippen molar-refractivity contribution in [1.82, 2.24) is 4.90 Å². The number of benzene rings is 2. The first kappa shape index (κ1) is 27.1. The van der Waals surface area contributed by atoms with Crippen molar-refractivity contribution in [3.63, 3.8) is 0 Å². The topological polar surface area (TPSA) is 113 Å². The molecule has 10 nitrogen and oxygen atoms in total. The highest BCUT2D eigenvalue weighted by Gasteiger charge is 2.26. The first-order valence-corrected chi connectivity index (χ1v) is 11.6. The van der Waals surface area contributed by atoms with Gasteiger partial charge in [0.05, 0.1) is 37.7 Å². The summed E-state index contributed by atoms with van der Waals surface area (Å²) in [6.45, 7) is 3.94. The van der Waals surface area contributed by atoms with Gasteiger partial charge in [-0.3, -0.25) is 9.59 Å². The van der Waals surface area contributed by atoms with E-state index in [1.54, 1.807) is 23.1 Å². The smallest absolute Gasteiger partial charge is 0.338 e. The molecule has 194 valence electrons. The molecule has 0 bridgehead atoms. The maximum absolute atomic E-state index is 12.5. The minimum Gasteiger partial charge on any atom is -0.495 e. The number of nitrogens with zero attached hydrogens (tertiary/aromatic N) is 1. The summed E-state index contributed by atoms with van der Waals surface area (Å²) in [6, 6.07) is 9.19. The predicted octanol–water partition coefficient (Wildman–Crippen LogP) is 3.17. The van der Waals surface area contributed by atoms with Crippen molar-refractivity contribution in [2.24, 2.45) is 0 Å². The molecule has 1 saturated heterocycles. The van der Waals surface area contributed by atoms with E-state index in [0.29, 0.717) is 29.5 Å². The third kappa shape index (κ3) is 7.25. The van der Waals surface area contributed by atoms with Gasteiger partial charge in [-0.05, 0) is 50.2 Å². The van der Waals surface area contributed by atoms with Crippen LogP contribution in [0.15, 0.2) is 36.4 Å². The molecule has 2 aromatic rings. The minimum atomic E-state index is -0.687. The molecule has 1 aliphatic rings.